The molecule has 296 valence electrons. The van der Waals surface area contributed by atoms with E-state index in [9.17, 15) is 21.9 Å². The van der Waals surface area contributed by atoms with Crippen LogP contribution in [0, 0.1) is 0 Å². The Hall–Kier alpha value is -6.75. The van der Waals surface area contributed by atoms with Gasteiger partial charge < -0.3 is 32.6 Å². The number of methoxy groups -OCH3 is 2. The van der Waals surface area contributed by atoms with Gasteiger partial charge in [-0.1, -0.05) is 22.1 Å². The number of aliphatic imine (C=N–C) groups is 2. The molecule has 1 aromatic heterocycles. The van der Waals surface area contributed by atoms with Crippen molar-refractivity contribution in [3.05, 3.63) is 112 Å². The smallest absolute Gasteiger partial charge is 0.488 e. The predicted octanol–water partition coefficient (Wildman–Crippen LogP) is 5.76. The molecule has 2 atom stereocenters. The molecule has 2 amide bonds. The van der Waals surface area contributed by atoms with E-state index in [0.717, 1.165) is 22.6 Å². The third kappa shape index (κ3) is 6.76. The highest BCUT2D eigenvalue weighted by molar-refractivity contribution is 7.81. The normalized spacial score (nSPS) is 17.6. The highest BCUT2D eigenvalue weighted by atomic mass is 32.3. The number of rotatable bonds is 10. The van der Waals surface area contributed by atoms with Crippen LogP contribution in [0.15, 0.2) is 83.0 Å². The van der Waals surface area contributed by atoms with Crippen molar-refractivity contribution in [2.24, 2.45) is 17.0 Å². The van der Waals surface area contributed by atoms with Gasteiger partial charge in [0.2, 0.25) is 0 Å². The lowest BCUT2D eigenvalue weighted by molar-refractivity contribution is 0.0698. The Bertz CT molecular complexity index is 2700. The van der Waals surface area contributed by atoms with Gasteiger partial charge in [0.25, 0.3) is 11.8 Å². The minimum atomic E-state index is -5.38. The van der Waals surface area contributed by atoms with Crippen molar-refractivity contribution in [2.75, 3.05) is 19.1 Å². The molecule has 0 radical (unpaired) electrons. The van der Waals surface area contributed by atoms with Gasteiger partial charge in [0, 0.05) is 55.8 Å². The molecule has 4 aromatic carbocycles. The van der Waals surface area contributed by atoms with E-state index in [1.165, 1.54) is 26.4 Å². The largest absolute Gasteiger partial charge is 0.493 e. The number of halogens is 1. The van der Waals surface area contributed by atoms with Gasteiger partial charge >= 0.3 is 10.5 Å². The molecule has 4 aliphatic heterocycles. The lowest BCUT2D eigenvalue weighted by atomic mass is 10.0. The second-order valence-corrected chi connectivity index (χ2v) is 15.1. The summed E-state index contributed by atoms with van der Waals surface area (Å²) in [7, 11) is -0.575. The third-order valence-electron chi connectivity index (χ3n) is 10.6. The van der Waals surface area contributed by atoms with E-state index in [1.807, 2.05) is 35.9 Å². The first kappa shape index (κ1) is 36.9. The summed E-state index contributed by atoms with van der Waals surface area (Å²) in [5, 5.41) is 0. The summed E-state index contributed by atoms with van der Waals surface area (Å²) in [6.07, 6.45) is 6.43. The number of imidazole rings is 1. The average molecular weight is 807 g/mol. The number of nitrogens with zero attached hydrogens (tertiary/aromatic N) is 6. The summed E-state index contributed by atoms with van der Waals surface area (Å²) in [6, 6.07) is 17.9. The first-order valence-corrected chi connectivity index (χ1v) is 19.5. The van der Waals surface area contributed by atoms with E-state index >= 15 is 0 Å². The number of carbonyl (C=O) groups excluding carboxylic acids is 2. The van der Waals surface area contributed by atoms with E-state index < -0.39 is 10.5 Å². The second kappa shape index (κ2) is 14.3. The SMILES string of the molecule is COc1cc2c(cc1OCc1cc(COc3cc4c(cc3OC)C(=O)N3c5ccccc5C[C@H]3C=N4)cc(OS(=O)(=O)F)c1)N=C[C@@H]1Cc3c(ncn3C)CN1C2=O. The Morgan fingerprint density at radius 3 is 2.03 bits per heavy atom. The van der Waals surface area contributed by atoms with E-state index in [4.69, 9.17) is 18.9 Å². The first-order chi connectivity index (χ1) is 28.0. The van der Waals surface area contributed by atoms with Gasteiger partial charge in [0.05, 0.1) is 67.4 Å². The number of anilines is 1. The molecular weight excluding hydrogens is 772 g/mol. The predicted molar refractivity (Wildman–Crippen MR) is 209 cm³/mol. The van der Waals surface area contributed by atoms with Crippen molar-refractivity contribution in [3.63, 3.8) is 0 Å². The summed E-state index contributed by atoms with van der Waals surface area (Å²) in [5.74, 6) is 0.283. The van der Waals surface area contributed by atoms with Crippen LogP contribution in [0.4, 0.5) is 20.9 Å². The number of aromatic nitrogens is 2. The van der Waals surface area contributed by atoms with Crippen molar-refractivity contribution in [2.45, 2.75) is 44.7 Å². The quantitative estimate of drug-likeness (QED) is 0.159. The Balaban J connectivity index is 0.962. The molecule has 0 spiro atoms. The Morgan fingerprint density at radius 1 is 0.776 bits per heavy atom. The molecule has 0 fully saturated rings. The van der Waals surface area contributed by atoms with Crippen LogP contribution in [0.25, 0.3) is 0 Å². The summed E-state index contributed by atoms with van der Waals surface area (Å²) < 4.78 is 67.0. The Morgan fingerprint density at radius 2 is 1.40 bits per heavy atom. The van der Waals surface area contributed by atoms with Crippen LogP contribution < -0.4 is 28.0 Å². The van der Waals surface area contributed by atoms with Crippen molar-refractivity contribution in [3.8, 4) is 28.7 Å². The van der Waals surface area contributed by atoms with Crippen molar-refractivity contribution in [1.29, 1.82) is 0 Å². The minimum Gasteiger partial charge on any atom is -0.493 e. The van der Waals surface area contributed by atoms with Crippen LogP contribution in [-0.4, -0.2) is 73.4 Å². The lowest BCUT2D eigenvalue weighted by Gasteiger charge is -2.32. The maximum atomic E-state index is 13.8. The molecule has 0 unspecified atom stereocenters. The number of carbonyl (C=O) groups is 2. The average Bonchev–Trinajstić information content (AvgIpc) is 3.69. The third-order valence-corrected chi connectivity index (χ3v) is 11.0. The number of amides is 2. The van der Waals surface area contributed by atoms with Crippen LogP contribution >= 0.6 is 0 Å². The summed E-state index contributed by atoms with van der Waals surface area (Å²) in [5.41, 5.74) is 5.99. The Kier molecular flexibility index (Phi) is 9.10. The van der Waals surface area contributed by atoms with E-state index in [0.29, 0.717) is 53.0 Å². The lowest BCUT2D eigenvalue weighted by Crippen LogP contribution is -2.44. The number of para-hydroxylation sites is 1. The number of hydrogen-bond donors (Lipinski definition) is 0. The fourth-order valence-corrected chi connectivity index (χ4v) is 8.16. The minimum absolute atomic E-state index is 0.151. The summed E-state index contributed by atoms with van der Waals surface area (Å²) in [4.78, 5) is 44.9. The van der Waals surface area contributed by atoms with Crippen LogP contribution in [0.3, 0.4) is 0 Å². The van der Waals surface area contributed by atoms with E-state index in [-0.39, 0.29) is 65.9 Å². The number of hydrogen-bond acceptors (Lipinski definition) is 12. The summed E-state index contributed by atoms with van der Waals surface area (Å²) >= 11 is 0. The van der Waals surface area contributed by atoms with Gasteiger partial charge in [-0.15, -0.1) is 0 Å². The fraction of sp³-hybridized carbons (Fsp3) is 0.244. The molecule has 0 saturated carbocycles. The van der Waals surface area contributed by atoms with Gasteiger partial charge in [-0.25, -0.2) is 4.98 Å². The molecule has 0 aliphatic carbocycles. The molecule has 15 nitrogen and oxygen atoms in total. The fourth-order valence-electron chi connectivity index (χ4n) is 7.83. The monoisotopic (exact) mass is 806 g/mol. The van der Waals surface area contributed by atoms with Gasteiger partial charge in [-0.05, 0) is 53.1 Å². The molecule has 0 N–H and O–H groups in total. The van der Waals surface area contributed by atoms with Gasteiger partial charge in [0.15, 0.2) is 23.0 Å². The summed E-state index contributed by atoms with van der Waals surface area (Å²) in [6.45, 7) is 0.0343. The molecule has 5 aromatic rings. The van der Waals surface area contributed by atoms with Crippen molar-refractivity contribution in [1.82, 2.24) is 14.5 Å². The first-order valence-electron chi connectivity index (χ1n) is 18.2. The highest BCUT2D eigenvalue weighted by Crippen LogP contribution is 2.42. The molecule has 0 bridgehead atoms. The maximum absolute atomic E-state index is 13.8. The van der Waals surface area contributed by atoms with Crippen LogP contribution in [0.2, 0.25) is 0 Å². The molecule has 9 rings (SSSR count). The topological polar surface area (TPSA) is 163 Å². The number of ether oxygens (including phenoxy) is 4. The zero-order valence-corrected chi connectivity index (χ0v) is 32.2. The molecule has 17 heteroatoms. The number of fused-ring (bicyclic) bond motifs is 7. The molecule has 5 heterocycles. The zero-order valence-electron chi connectivity index (χ0n) is 31.4. The van der Waals surface area contributed by atoms with Crippen molar-refractivity contribution >= 4 is 51.8 Å². The van der Waals surface area contributed by atoms with Gasteiger partial charge in [0.1, 0.15) is 19.0 Å². The highest BCUT2D eigenvalue weighted by Gasteiger charge is 2.37. The molecular formula is C41H35FN6O9S. The molecule has 4 aliphatic rings. The van der Waals surface area contributed by atoms with Crippen LogP contribution in [0.1, 0.15) is 48.8 Å². The van der Waals surface area contributed by atoms with Crippen molar-refractivity contribution < 1.29 is 45.0 Å². The molecule has 58 heavy (non-hydrogen) atoms. The van der Waals surface area contributed by atoms with Crippen LogP contribution in [0.5, 0.6) is 28.7 Å². The number of benzene rings is 4. The maximum Gasteiger partial charge on any atom is 0.488 e. The van der Waals surface area contributed by atoms with Gasteiger partial charge in [-0.3, -0.25) is 24.5 Å². The zero-order chi connectivity index (χ0) is 40.3. The van der Waals surface area contributed by atoms with Gasteiger partial charge in [-0.2, -0.15) is 8.42 Å². The second-order valence-electron chi connectivity index (χ2n) is 14.2. The standard InChI is InChI=1S/C41H35FN6O9S/c1-46-22-45-33-19-47-26(12-35(33)46)17-43-31-15-38(36(53-2)13-29(31)40(47)49)55-20-23-8-24(10-28(9-23)57-58(42,51)52)21-56-39-16-32-30(14-37(39)54-3)41(50)48-27(18-44-32)11-25-6-4-5-7-34(25)48/h4-10,13-18,22,26-27H,11-12,19-21H2,1-3H3/t26-,27-/m0/s1. The number of aryl methyl sites for hydroxylation is 1. The Labute approximate surface area is 332 Å². The van der Waals surface area contributed by atoms with E-state index in [1.54, 1.807) is 58.9 Å². The van der Waals surface area contributed by atoms with Crippen LogP contribution in [-0.2, 0) is 50.2 Å². The van der Waals surface area contributed by atoms with E-state index in [2.05, 4.69) is 19.2 Å². The molecule has 0 saturated heterocycles.